The SMILES string of the molecule is C[N+](=C(N)SC(=N)Oc1cccc(-c2cn[nH]c2)c1)C1CC(C)(C)NC(C)(C)C1. The monoisotopic (exact) mass is 415 g/mol. The van der Waals surface area contributed by atoms with E-state index >= 15 is 0 Å². The number of hydrogen-bond donors (Lipinski definition) is 4. The van der Waals surface area contributed by atoms with Gasteiger partial charge in [-0.3, -0.25) is 20.8 Å². The van der Waals surface area contributed by atoms with Gasteiger partial charge in [-0.25, -0.2) is 0 Å². The Morgan fingerprint density at radius 3 is 2.55 bits per heavy atom. The molecule has 1 saturated heterocycles. The van der Waals surface area contributed by atoms with Crippen LogP contribution in [0.25, 0.3) is 11.1 Å². The Labute approximate surface area is 176 Å². The molecule has 2 heterocycles. The summed E-state index contributed by atoms with van der Waals surface area (Å²) < 4.78 is 7.80. The van der Waals surface area contributed by atoms with Crippen LogP contribution in [0.2, 0.25) is 0 Å². The van der Waals surface area contributed by atoms with Crippen LogP contribution < -0.4 is 15.8 Å². The number of hydrogen-bond acceptors (Lipinski definition) is 5. The van der Waals surface area contributed by atoms with Gasteiger partial charge in [0.05, 0.1) is 31.0 Å². The first-order chi connectivity index (χ1) is 13.5. The third-order valence-corrected chi connectivity index (χ3v) is 5.90. The molecule has 1 aliphatic heterocycles. The third kappa shape index (κ3) is 5.61. The van der Waals surface area contributed by atoms with Crippen LogP contribution in [-0.4, -0.2) is 49.3 Å². The lowest BCUT2D eigenvalue weighted by molar-refractivity contribution is -0.544. The van der Waals surface area contributed by atoms with Crippen LogP contribution >= 0.6 is 11.8 Å². The molecule has 5 N–H and O–H groups in total. The van der Waals surface area contributed by atoms with Crippen molar-refractivity contribution >= 4 is 22.2 Å². The second-order valence-corrected chi connectivity index (χ2v) is 9.90. The number of H-pyrrole nitrogens is 1. The highest BCUT2D eigenvalue weighted by atomic mass is 32.2. The van der Waals surface area contributed by atoms with Gasteiger partial charge < -0.3 is 10.1 Å². The van der Waals surface area contributed by atoms with Crippen molar-refractivity contribution < 1.29 is 9.31 Å². The molecule has 2 aromatic rings. The Balaban J connectivity index is 1.68. The van der Waals surface area contributed by atoms with E-state index in [9.17, 15) is 0 Å². The summed E-state index contributed by atoms with van der Waals surface area (Å²) in [5.74, 6) is 0.598. The van der Waals surface area contributed by atoms with Crippen LogP contribution in [0.3, 0.4) is 0 Å². The summed E-state index contributed by atoms with van der Waals surface area (Å²) in [6, 6.07) is 7.89. The minimum atomic E-state index is 0.0309. The van der Waals surface area contributed by atoms with Gasteiger partial charge in [0.2, 0.25) is 0 Å². The molecule has 0 amide bonds. The van der Waals surface area contributed by atoms with Crippen molar-refractivity contribution in [2.24, 2.45) is 5.73 Å². The topological polar surface area (TPSA) is 103 Å². The molecule has 0 unspecified atom stereocenters. The van der Waals surface area contributed by atoms with E-state index < -0.39 is 0 Å². The number of nitrogens with two attached hydrogens (primary N) is 1. The van der Waals surface area contributed by atoms with Crippen molar-refractivity contribution in [3.63, 3.8) is 0 Å². The lowest BCUT2D eigenvalue weighted by atomic mass is 9.79. The zero-order valence-corrected chi connectivity index (χ0v) is 18.6. The number of benzene rings is 1. The molecule has 0 atom stereocenters. The molecule has 3 rings (SSSR count). The second kappa shape index (κ2) is 8.20. The van der Waals surface area contributed by atoms with E-state index in [0.29, 0.717) is 17.0 Å². The summed E-state index contributed by atoms with van der Waals surface area (Å²) in [6.07, 6.45) is 5.54. The van der Waals surface area contributed by atoms with Gasteiger partial charge in [-0.05, 0) is 45.4 Å². The first kappa shape index (κ1) is 21.4. The van der Waals surface area contributed by atoms with E-state index in [1.807, 2.05) is 37.5 Å². The van der Waals surface area contributed by atoms with Crippen LogP contribution in [0, 0.1) is 5.41 Å². The van der Waals surface area contributed by atoms with Gasteiger partial charge in [-0.15, -0.1) is 0 Å². The Hall–Kier alpha value is -2.32. The zero-order chi connectivity index (χ0) is 21.2. The lowest BCUT2D eigenvalue weighted by Gasteiger charge is -2.45. The summed E-state index contributed by atoms with van der Waals surface area (Å²) in [4.78, 5) is 0. The molecule has 0 spiro atoms. The van der Waals surface area contributed by atoms with Gasteiger partial charge in [0.1, 0.15) is 5.75 Å². The summed E-state index contributed by atoms with van der Waals surface area (Å²) in [5, 5.41) is 19.3. The maximum atomic E-state index is 8.25. The van der Waals surface area contributed by atoms with Crippen LogP contribution in [0.5, 0.6) is 5.75 Å². The van der Waals surface area contributed by atoms with Gasteiger partial charge in [0.15, 0.2) is 0 Å². The van der Waals surface area contributed by atoms with Crippen LogP contribution in [0.4, 0.5) is 0 Å². The Morgan fingerprint density at radius 1 is 1.24 bits per heavy atom. The zero-order valence-electron chi connectivity index (χ0n) is 17.7. The summed E-state index contributed by atoms with van der Waals surface area (Å²) >= 11 is 1.14. The maximum absolute atomic E-state index is 8.25. The molecule has 29 heavy (non-hydrogen) atoms. The van der Waals surface area contributed by atoms with E-state index in [0.717, 1.165) is 35.7 Å². The van der Waals surface area contributed by atoms with Crippen LogP contribution in [-0.2, 0) is 0 Å². The minimum absolute atomic E-state index is 0.0309. The lowest BCUT2D eigenvalue weighted by Crippen LogP contribution is -2.61. The van der Waals surface area contributed by atoms with Crippen LogP contribution in [0.1, 0.15) is 40.5 Å². The average Bonchev–Trinajstić information content (AvgIpc) is 3.13. The molecule has 1 aromatic carbocycles. The van der Waals surface area contributed by atoms with Crippen molar-refractivity contribution in [3.05, 3.63) is 36.7 Å². The van der Waals surface area contributed by atoms with E-state index in [4.69, 9.17) is 15.9 Å². The molecule has 7 nitrogen and oxygen atoms in total. The predicted molar refractivity (Wildman–Crippen MR) is 120 cm³/mol. The van der Waals surface area contributed by atoms with Gasteiger partial charge in [0, 0.05) is 35.7 Å². The molecule has 1 aromatic heterocycles. The predicted octanol–water partition coefficient (Wildman–Crippen LogP) is 3.39. The van der Waals surface area contributed by atoms with Crippen molar-refractivity contribution in [1.29, 1.82) is 5.41 Å². The number of nitrogens with zero attached hydrogens (tertiary/aromatic N) is 2. The number of ether oxygens (including phenoxy) is 1. The van der Waals surface area contributed by atoms with Gasteiger partial charge in [-0.1, -0.05) is 12.1 Å². The highest BCUT2D eigenvalue weighted by molar-refractivity contribution is 8.25. The Morgan fingerprint density at radius 2 is 1.93 bits per heavy atom. The van der Waals surface area contributed by atoms with E-state index in [1.165, 1.54) is 0 Å². The highest BCUT2D eigenvalue weighted by Crippen LogP contribution is 2.30. The Bertz CT molecular complexity index is 888. The largest absolute Gasteiger partial charge is 0.434 e. The van der Waals surface area contributed by atoms with E-state index in [1.54, 1.807) is 6.20 Å². The van der Waals surface area contributed by atoms with Gasteiger partial charge in [-0.2, -0.15) is 5.10 Å². The molecule has 1 fully saturated rings. The van der Waals surface area contributed by atoms with Crippen molar-refractivity contribution in [2.45, 2.75) is 57.7 Å². The molecule has 8 heteroatoms. The number of rotatable bonds is 3. The third-order valence-electron chi connectivity index (χ3n) is 5.14. The normalized spacial score (nSPS) is 19.5. The fraction of sp³-hybridized carbons (Fsp3) is 0.476. The highest BCUT2D eigenvalue weighted by Gasteiger charge is 2.40. The van der Waals surface area contributed by atoms with E-state index in [-0.39, 0.29) is 16.3 Å². The molecule has 0 aliphatic carbocycles. The standard InChI is InChI=1S/C21H30N6OS/c1-20(2)10-16(11-21(3,4)26-20)27(5)18(22)29-19(23)28-17-8-6-7-14(9-17)15-12-24-25-13-15/h6-9,12-13,16,22-23,26H,10-11H2,1-5H3,(H,24,25)/p+1. The summed E-state index contributed by atoms with van der Waals surface area (Å²) in [5.41, 5.74) is 8.34. The molecule has 0 radical (unpaired) electrons. The summed E-state index contributed by atoms with van der Waals surface area (Å²) in [7, 11) is 2.00. The smallest absolute Gasteiger partial charge is 0.313 e. The van der Waals surface area contributed by atoms with Gasteiger partial charge >= 0.3 is 5.17 Å². The number of nitrogens with one attached hydrogen (secondary N) is 3. The maximum Gasteiger partial charge on any atom is 0.313 e. The molecule has 0 saturated carbocycles. The number of thioether (sulfide) groups is 1. The number of aromatic amines is 1. The molecular weight excluding hydrogens is 384 g/mol. The molecule has 1 aliphatic rings. The van der Waals surface area contributed by atoms with Crippen molar-refractivity contribution in [1.82, 2.24) is 15.5 Å². The first-order valence-electron chi connectivity index (χ1n) is 9.73. The summed E-state index contributed by atoms with van der Waals surface area (Å²) in [6.45, 7) is 8.87. The van der Waals surface area contributed by atoms with Crippen molar-refractivity contribution in [3.8, 4) is 16.9 Å². The minimum Gasteiger partial charge on any atom is -0.434 e. The second-order valence-electron chi connectivity index (χ2n) is 8.91. The van der Waals surface area contributed by atoms with Crippen molar-refractivity contribution in [2.75, 3.05) is 7.05 Å². The average molecular weight is 416 g/mol. The quantitative estimate of drug-likeness (QED) is 0.350. The molecule has 0 bridgehead atoms. The fourth-order valence-corrected chi connectivity index (χ4v) is 4.79. The van der Waals surface area contributed by atoms with Crippen LogP contribution in [0.15, 0.2) is 36.7 Å². The number of amidine groups is 1. The van der Waals surface area contributed by atoms with Gasteiger partial charge in [0.25, 0.3) is 5.23 Å². The van der Waals surface area contributed by atoms with E-state index in [2.05, 4.69) is 47.8 Å². The number of piperidine rings is 1. The number of aromatic nitrogens is 2. The first-order valence-corrected chi connectivity index (χ1v) is 10.5. The Kier molecular flexibility index (Phi) is 6.05. The molecular formula is C21H31N6OS+. The molecule has 156 valence electrons. The fourth-order valence-electron chi connectivity index (χ4n) is 4.16.